The highest BCUT2D eigenvalue weighted by atomic mass is 127. The second kappa shape index (κ2) is 5.87. The molecule has 0 heterocycles. The van der Waals surface area contributed by atoms with Gasteiger partial charge in [-0.2, -0.15) is 0 Å². The van der Waals surface area contributed by atoms with Crippen LogP contribution in [0.15, 0.2) is 48.5 Å². The predicted octanol–water partition coefficient (Wildman–Crippen LogP) is 4.67. The number of methoxy groups -OCH3 is 1. The Labute approximate surface area is 132 Å². The molecule has 0 saturated carbocycles. The smallest absolute Gasteiger partial charge is 0.144 e. The molecule has 0 bridgehead atoms. The van der Waals surface area contributed by atoms with Crippen LogP contribution in [-0.4, -0.2) is 7.11 Å². The Bertz CT molecular complexity index is 662. The van der Waals surface area contributed by atoms with Crippen molar-refractivity contribution in [3.8, 4) is 11.5 Å². The molecular weight excluding hydrogens is 363 g/mol. The van der Waals surface area contributed by atoms with Gasteiger partial charge in [-0.1, -0.05) is 24.3 Å². The zero-order chi connectivity index (χ0) is 13.9. The maximum atomic E-state index is 6.13. The quantitative estimate of drug-likeness (QED) is 0.723. The monoisotopic (exact) mass is 378 g/mol. The number of ether oxygens (including phenoxy) is 2. The molecule has 0 saturated heterocycles. The summed E-state index contributed by atoms with van der Waals surface area (Å²) in [6, 6.07) is 14.3. The van der Waals surface area contributed by atoms with Gasteiger partial charge in [0.05, 0.1) is 10.7 Å². The third-order valence-corrected chi connectivity index (χ3v) is 4.28. The van der Waals surface area contributed by atoms with Gasteiger partial charge in [0.25, 0.3) is 0 Å². The summed E-state index contributed by atoms with van der Waals surface area (Å²) in [7, 11) is 1.67. The summed E-state index contributed by atoms with van der Waals surface area (Å²) in [4.78, 5) is 0. The molecule has 20 heavy (non-hydrogen) atoms. The molecule has 0 radical (unpaired) electrons. The summed E-state index contributed by atoms with van der Waals surface area (Å²) in [6.45, 7) is 0. The van der Waals surface area contributed by atoms with Crippen LogP contribution in [0.25, 0.3) is 5.76 Å². The topological polar surface area (TPSA) is 18.5 Å². The number of aryl methyl sites for hydroxylation is 1. The van der Waals surface area contributed by atoms with Crippen molar-refractivity contribution in [3.63, 3.8) is 0 Å². The number of hydrogen-bond acceptors (Lipinski definition) is 2. The number of halogens is 1. The van der Waals surface area contributed by atoms with Crippen LogP contribution in [0.2, 0.25) is 0 Å². The zero-order valence-corrected chi connectivity index (χ0v) is 13.4. The summed E-state index contributed by atoms with van der Waals surface area (Å²) >= 11 is 2.28. The molecule has 1 aliphatic rings. The standard InChI is InChI=1S/C17H15IO2/c1-19-13-9-10-15(18)17(11-13)20-16-8-4-6-12-5-2-3-7-14(12)16/h2-3,5,7-11H,4,6H2,1H3. The minimum absolute atomic E-state index is 0.810. The molecule has 0 fully saturated rings. The van der Waals surface area contributed by atoms with Gasteiger partial charge in [0, 0.05) is 11.6 Å². The van der Waals surface area contributed by atoms with E-state index in [9.17, 15) is 0 Å². The van der Waals surface area contributed by atoms with Gasteiger partial charge in [-0.15, -0.1) is 0 Å². The normalized spacial score (nSPS) is 13.4. The van der Waals surface area contributed by atoms with Crippen LogP contribution < -0.4 is 9.47 Å². The molecule has 102 valence electrons. The van der Waals surface area contributed by atoms with E-state index in [0.717, 1.165) is 33.7 Å². The number of hydrogen-bond donors (Lipinski definition) is 0. The Morgan fingerprint density at radius 3 is 2.80 bits per heavy atom. The first-order valence-electron chi connectivity index (χ1n) is 6.58. The molecule has 0 spiro atoms. The maximum absolute atomic E-state index is 6.13. The Hall–Kier alpha value is -1.49. The van der Waals surface area contributed by atoms with Crippen molar-refractivity contribution in [3.05, 3.63) is 63.2 Å². The first kappa shape index (κ1) is 13.5. The van der Waals surface area contributed by atoms with E-state index in [-0.39, 0.29) is 0 Å². The van der Waals surface area contributed by atoms with Gasteiger partial charge in [-0.05, 0) is 59.2 Å². The lowest BCUT2D eigenvalue weighted by Crippen LogP contribution is -2.05. The van der Waals surface area contributed by atoms with E-state index in [4.69, 9.17) is 9.47 Å². The molecule has 2 aromatic carbocycles. The minimum Gasteiger partial charge on any atom is -0.497 e. The highest BCUT2D eigenvalue weighted by Crippen LogP contribution is 2.33. The number of fused-ring (bicyclic) bond motifs is 1. The second-order valence-electron chi connectivity index (χ2n) is 4.66. The Balaban J connectivity index is 1.94. The molecule has 2 nitrogen and oxygen atoms in total. The largest absolute Gasteiger partial charge is 0.497 e. The maximum Gasteiger partial charge on any atom is 0.144 e. The number of allylic oxidation sites excluding steroid dienone is 1. The molecule has 0 aromatic heterocycles. The van der Waals surface area contributed by atoms with E-state index in [0.29, 0.717) is 0 Å². The van der Waals surface area contributed by atoms with Crippen LogP contribution in [0.4, 0.5) is 0 Å². The van der Waals surface area contributed by atoms with Gasteiger partial charge in [0.2, 0.25) is 0 Å². The van der Waals surface area contributed by atoms with Crippen molar-refractivity contribution < 1.29 is 9.47 Å². The summed E-state index contributed by atoms with van der Waals surface area (Å²) in [5.41, 5.74) is 2.54. The summed E-state index contributed by atoms with van der Waals surface area (Å²) < 4.78 is 12.5. The second-order valence-corrected chi connectivity index (χ2v) is 5.82. The average molecular weight is 378 g/mol. The van der Waals surface area contributed by atoms with Crippen LogP contribution in [0, 0.1) is 3.57 Å². The Morgan fingerprint density at radius 2 is 1.95 bits per heavy atom. The summed E-state index contributed by atoms with van der Waals surface area (Å²) in [6.07, 6.45) is 4.27. The van der Waals surface area contributed by atoms with E-state index < -0.39 is 0 Å². The molecule has 3 heteroatoms. The van der Waals surface area contributed by atoms with Crippen molar-refractivity contribution >= 4 is 28.4 Å². The van der Waals surface area contributed by atoms with Gasteiger partial charge in [-0.3, -0.25) is 0 Å². The van der Waals surface area contributed by atoms with E-state index in [2.05, 4.69) is 52.9 Å². The highest BCUT2D eigenvalue weighted by molar-refractivity contribution is 14.1. The van der Waals surface area contributed by atoms with E-state index in [1.165, 1.54) is 11.1 Å². The molecule has 0 aliphatic heterocycles. The molecule has 0 amide bonds. The van der Waals surface area contributed by atoms with Crippen molar-refractivity contribution in [1.82, 2.24) is 0 Å². The molecule has 2 aromatic rings. The molecule has 0 unspecified atom stereocenters. The van der Waals surface area contributed by atoms with Crippen molar-refractivity contribution in [2.24, 2.45) is 0 Å². The van der Waals surface area contributed by atoms with Crippen LogP contribution in [-0.2, 0) is 6.42 Å². The van der Waals surface area contributed by atoms with Crippen LogP contribution >= 0.6 is 22.6 Å². The van der Waals surface area contributed by atoms with Crippen LogP contribution in [0.1, 0.15) is 17.5 Å². The fourth-order valence-corrected chi connectivity index (χ4v) is 2.80. The molecule has 0 N–H and O–H groups in total. The Kier molecular flexibility index (Phi) is 3.96. The van der Waals surface area contributed by atoms with Gasteiger partial charge >= 0.3 is 0 Å². The van der Waals surface area contributed by atoms with Gasteiger partial charge in [0.1, 0.15) is 17.3 Å². The zero-order valence-electron chi connectivity index (χ0n) is 11.2. The summed E-state index contributed by atoms with van der Waals surface area (Å²) in [5.74, 6) is 2.59. The van der Waals surface area contributed by atoms with E-state index >= 15 is 0 Å². The van der Waals surface area contributed by atoms with Crippen LogP contribution in [0.5, 0.6) is 11.5 Å². The first-order valence-corrected chi connectivity index (χ1v) is 7.65. The van der Waals surface area contributed by atoms with Crippen molar-refractivity contribution in [1.29, 1.82) is 0 Å². The van der Waals surface area contributed by atoms with Crippen molar-refractivity contribution in [2.75, 3.05) is 7.11 Å². The third kappa shape index (κ3) is 2.68. The van der Waals surface area contributed by atoms with Gasteiger partial charge in [0.15, 0.2) is 0 Å². The lowest BCUT2D eigenvalue weighted by Gasteiger charge is -2.19. The first-order chi connectivity index (χ1) is 9.78. The molecule has 1 aliphatic carbocycles. The molecule has 3 rings (SSSR count). The highest BCUT2D eigenvalue weighted by Gasteiger charge is 2.15. The molecular formula is C17H15IO2. The van der Waals surface area contributed by atoms with E-state index in [1.807, 2.05) is 18.2 Å². The van der Waals surface area contributed by atoms with Crippen LogP contribution in [0.3, 0.4) is 0 Å². The lowest BCUT2D eigenvalue weighted by atomic mass is 9.96. The minimum atomic E-state index is 0.810. The molecule has 0 atom stereocenters. The SMILES string of the molecule is COc1ccc(I)c(OC2=CCCc3ccccc32)c1. The summed E-state index contributed by atoms with van der Waals surface area (Å²) in [5, 5.41) is 0. The Morgan fingerprint density at radius 1 is 1.10 bits per heavy atom. The average Bonchev–Trinajstić information content (AvgIpc) is 2.50. The third-order valence-electron chi connectivity index (χ3n) is 3.38. The number of rotatable bonds is 3. The number of benzene rings is 2. The fourth-order valence-electron chi connectivity index (χ4n) is 2.35. The van der Waals surface area contributed by atoms with Gasteiger partial charge in [-0.25, -0.2) is 0 Å². The van der Waals surface area contributed by atoms with E-state index in [1.54, 1.807) is 7.11 Å². The fraction of sp³-hybridized carbons (Fsp3) is 0.176. The lowest BCUT2D eigenvalue weighted by molar-refractivity contribution is 0.410. The van der Waals surface area contributed by atoms with Gasteiger partial charge < -0.3 is 9.47 Å². The van der Waals surface area contributed by atoms with Crippen molar-refractivity contribution in [2.45, 2.75) is 12.8 Å². The predicted molar refractivity (Wildman–Crippen MR) is 89.1 cm³/mol.